The van der Waals surface area contributed by atoms with Gasteiger partial charge in [-0.05, 0) is 35.4 Å². The maximum absolute atomic E-state index is 12.0. The minimum atomic E-state index is -0.0124. The summed E-state index contributed by atoms with van der Waals surface area (Å²) in [5.41, 5.74) is 3.90. The molecule has 0 unspecified atom stereocenters. The highest BCUT2D eigenvalue weighted by Crippen LogP contribution is 2.26. The van der Waals surface area contributed by atoms with Gasteiger partial charge in [-0.2, -0.15) is 0 Å². The van der Waals surface area contributed by atoms with Crippen molar-refractivity contribution >= 4 is 33.6 Å². The fourth-order valence-electron chi connectivity index (χ4n) is 2.16. The molecule has 2 nitrogen and oxygen atoms in total. The van der Waals surface area contributed by atoms with Gasteiger partial charge in [0.05, 0.1) is 0 Å². The van der Waals surface area contributed by atoms with E-state index < -0.39 is 0 Å². The van der Waals surface area contributed by atoms with Gasteiger partial charge < -0.3 is 5.32 Å². The van der Waals surface area contributed by atoms with E-state index in [1.165, 1.54) is 0 Å². The monoisotopic (exact) mass is 313 g/mol. The summed E-state index contributed by atoms with van der Waals surface area (Å²) in [6, 6.07) is 15.8. The van der Waals surface area contributed by atoms with Gasteiger partial charge in [0, 0.05) is 22.2 Å². The van der Waals surface area contributed by atoms with Crippen molar-refractivity contribution in [3.05, 3.63) is 69.7 Å². The summed E-state index contributed by atoms with van der Waals surface area (Å²) in [4.78, 5) is 12.0. The lowest BCUT2D eigenvalue weighted by Gasteiger charge is -2.19. The zero-order valence-electron chi connectivity index (χ0n) is 10.2. The molecule has 0 aliphatic carbocycles. The van der Waals surface area contributed by atoms with E-state index in [0.717, 1.165) is 26.9 Å². The fraction of sp³-hybridized carbons (Fsp3) is 0.0625. The van der Waals surface area contributed by atoms with Crippen LogP contribution in [0.1, 0.15) is 11.1 Å². The molecule has 1 N–H and O–H groups in total. The van der Waals surface area contributed by atoms with Crippen molar-refractivity contribution < 1.29 is 4.79 Å². The maximum atomic E-state index is 12.0. The first kappa shape index (κ1) is 12.2. The fourth-order valence-corrected chi connectivity index (χ4v) is 2.43. The Morgan fingerprint density at radius 2 is 1.79 bits per heavy atom. The average Bonchev–Trinajstić information content (AvgIpc) is 2.42. The number of anilines is 1. The van der Waals surface area contributed by atoms with Crippen LogP contribution in [0.5, 0.6) is 0 Å². The predicted octanol–water partition coefficient (Wildman–Crippen LogP) is 4.03. The normalized spacial score (nSPS) is 16.1. The quantitative estimate of drug-likeness (QED) is 0.791. The molecule has 0 atom stereocenters. The number of nitrogens with one attached hydrogen (secondary N) is 1. The molecule has 1 amide bonds. The highest BCUT2D eigenvalue weighted by atomic mass is 79.9. The van der Waals surface area contributed by atoms with Crippen molar-refractivity contribution in [2.24, 2.45) is 0 Å². The van der Waals surface area contributed by atoms with Crippen LogP contribution in [-0.2, 0) is 11.2 Å². The highest BCUT2D eigenvalue weighted by molar-refractivity contribution is 9.10. The van der Waals surface area contributed by atoms with E-state index >= 15 is 0 Å². The minimum Gasteiger partial charge on any atom is -0.322 e. The summed E-state index contributed by atoms with van der Waals surface area (Å²) in [6.07, 6.45) is 2.62. The lowest BCUT2D eigenvalue weighted by atomic mass is 9.97. The number of hydrogen-bond donors (Lipinski definition) is 1. The summed E-state index contributed by atoms with van der Waals surface area (Å²) >= 11 is 3.40. The van der Waals surface area contributed by atoms with Gasteiger partial charge in [0.25, 0.3) is 5.91 Å². The second-order valence-corrected chi connectivity index (χ2v) is 5.42. The van der Waals surface area contributed by atoms with E-state index in [1.807, 2.05) is 54.6 Å². The third-order valence-corrected chi connectivity index (χ3v) is 3.68. The zero-order chi connectivity index (χ0) is 13.2. The van der Waals surface area contributed by atoms with Gasteiger partial charge in [0.1, 0.15) is 0 Å². The molecule has 3 heteroatoms. The zero-order valence-corrected chi connectivity index (χ0v) is 11.8. The van der Waals surface area contributed by atoms with Gasteiger partial charge in [-0.3, -0.25) is 4.79 Å². The van der Waals surface area contributed by atoms with Gasteiger partial charge in [0.2, 0.25) is 0 Å². The van der Waals surface area contributed by atoms with Gasteiger partial charge in [-0.15, -0.1) is 0 Å². The van der Waals surface area contributed by atoms with E-state index in [2.05, 4.69) is 21.2 Å². The molecule has 0 bridgehead atoms. The SMILES string of the molecule is O=C1Nc2ccccc2CC1=Cc1ccc(Br)cc1. The Labute approximate surface area is 120 Å². The summed E-state index contributed by atoms with van der Waals surface area (Å²) in [7, 11) is 0. The molecule has 1 aliphatic rings. The van der Waals surface area contributed by atoms with E-state index in [4.69, 9.17) is 0 Å². The van der Waals surface area contributed by atoms with Crippen molar-refractivity contribution in [1.29, 1.82) is 0 Å². The van der Waals surface area contributed by atoms with Crippen LogP contribution in [-0.4, -0.2) is 5.91 Å². The smallest absolute Gasteiger partial charge is 0.251 e. The number of carbonyl (C=O) groups is 1. The van der Waals surface area contributed by atoms with Gasteiger partial charge in [-0.25, -0.2) is 0 Å². The summed E-state index contributed by atoms with van der Waals surface area (Å²) in [5.74, 6) is -0.0124. The molecule has 1 aliphatic heterocycles. The third-order valence-electron chi connectivity index (χ3n) is 3.15. The molecule has 0 aromatic heterocycles. The first-order valence-corrected chi connectivity index (χ1v) is 6.87. The van der Waals surface area contributed by atoms with E-state index in [1.54, 1.807) is 0 Å². The topological polar surface area (TPSA) is 29.1 Å². The minimum absolute atomic E-state index is 0.0124. The molecule has 2 aromatic carbocycles. The largest absolute Gasteiger partial charge is 0.322 e. The van der Waals surface area contributed by atoms with Crippen LogP contribution in [0.4, 0.5) is 5.69 Å². The van der Waals surface area contributed by atoms with E-state index in [9.17, 15) is 4.79 Å². The second kappa shape index (κ2) is 5.02. The molecule has 0 radical (unpaired) electrons. The molecular weight excluding hydrogens is 302 g/mol. The summed E-state index contributed by atoms with van der Waals surface area (Å²) in [5, 5.41) is 2.93. The molecule has 0 saturated heterocycles. The molecule has 0 spiro atoms. The van der Waals surface area contributed by atoms with Crippen molar-refractivity contribution in [3.63, 3.8) is 0 Å². The van der Waals surface area contributed by atoms with Crippen LogP contribution in [0.25, 0.3) is 6.08 Å². The van der Waals surface area contributed by atoms with Crippen LogP contribution >= 0.6 is 15.9 Å². The Balaban J connectivity index is 1.94. The molecule has 0 fully saturated rings. The van der Waals surface area contributed by atoms with Crippen molar-refractivity contribution in [3.8, 4) is 0 Å². The number of halogens is 1. The van der Waals surface area contributed by atoms with Gasteiger partial charge in [0.15, 0.2) is 0 Å². The van der Waals surface area contributed by atoms with Crippen molar-refractivity contribution in [1.82, 2.24) is 0 Å². The first-order valence-electron chi connectivity index (χ1n) is 6.08. The number of benzene rings is 2. The molecule has 2 aromatic rings. The number of rotatable bonds is 1. The molecule has 1 heterocycles. The Morgan fingerprint density at radius 1 is 1.05 bits per heavy atom. The van der Waals surface area contributed by atoms with E-state index in [-0.39, 0.29) is 5.91 Å². The number of amides is 1. The number of carbonyl (C=O) groups excluding carboxylic acids is 1. The Hall–Kier alpha value is -1.87. The van der Waals surface area contributed by atoms with Crippen LogP contribution < -0.4 is 5.32 Å². The van der Waals surface area contributed by atoms with Crippen LogP contribution in [0.2, 0.25) is 0 Å². The second-order valence-electron chi connectivity index (χ2n) is 4.51. The first-order chi connectivity index (χ1) is 9.22. The van der Waals surface area contributed by atoms with E-state index in [0.29, 0.717) is 6.42 Å². The lowest BCUT2D eigenvalue weighted by Crippen LogP contribution is -2.21. The third kappa shape index (κ3) is 2.61. The molecule has 19 heavy (non-hydrogen) atoms. The molecule has 94 valence electrons. The number of fused-ring (bicyclic) bond motifs is 1. The van der Waals surface area contributed by atoms with Crippen LogP contribution in [0.15, 0.2) is 58.6 Å². The summed E-state index contributed by atoms with van der Waals surface area (Å²) < 4.78 is 1.04. The Morgan fingerprint density at radius 3 is 2.58 bits per heavy atom. The van der Waals surface area contributed by atoms with Crippen molar-refractivity contribution in [2.45, 2.75) is 6.42 Å². The average molecular weight is 314 g/mol. The molecule has 3 rings (SSSR count). The lowest BCUT2D eigenvalue weighted by molar-refractivity contribution is -0.113. The van der Waals surface area contributed by atoms with Gasteiger partial charge in [-0.1, -0.05) is 46.3 Å². The van der Waals surface area contributed by atoms with Crippen molar-refractivity contribution in [2.75, 3.05) is 5.32 Å². The Bertz CT molecular complexity index is 659. The van der Waals surface area contributed by atoms with Crippen LogP contribution in [0.3, 0.4) is 0 Å². The Kier molecular flexibility index (Phi) is 3.22. The van der Waals surface area contributed by atoms with Crippen LogP contribution in [0, 0.1) is 0 Å². The molecule has 0 saturated carbocycles. The van der Waals surface area contributed by atoms with Gasteiger partial charge >= 0.3 is 0 Å². The number of para-hydroxylation sites is 1. The maximum Gasteiger partial charge on any atom is 0.251 e. The summed E-state index contributed by atoms with van der Waals surface area (Å²) in [6.45, 7) is 0. The molecular formula is C16H12BrNO. The highest BCUT2D eigenvalue weighted by Gasteiger charge is 2.19. The predicted molar refractivity (Wildman–Crippen MR) is 80.9 cm³/mol. The number of hydrogen-bond acceptors (Lipinski definition) is 1. The standard InChI is InChI=1S/C16H12BrNO/c17-14-7-5-11(6-8-14)9-13-10-12-3-1-2-4-15(12)18-16(13)19/h1-9H,10H2,(H,18,19).